The molecule has 0 spiro atoms. The van der Waals surface area contributed by atoms with E-state index in [9.17, 15) is 5.11 Å². The molecule has 3 nitrogen and oxygen atoms in total. The van der Waals surface area contributed by atoms with E-state index in [1.165, 1.54) is 0 Å². The molecule has 0 unspecified atom stereocenters. The van der Waals surface area contributed by atoms with E-state index in [2.05, 4.69) is 4.98 Å². The zero-order chi connectivity index (χ0) is 9.14. The molecular weight excluding hydrogens is 152 g/mol. The first kappa shape index (κ1) is 9.16. The molecule has 1 heterocycles. The number of aliphatic hydroxyl groups is 1. The highest BCUT2D eigenvalue weighted by Gasteiger charge is 2.14. The average Bonchev–Trinajstić information content (AvgIpc) is 2.04. The summed E-state index contributed by atoms with van der Waals surface area (Å²) in [7, 11) is 0. The number of nitrogens with two attached hydrogens (primary N) is 1. The van der Waals surface area contributed by atoms with Crippen molar-refractivity contribution < 1.29 is 5.11 Å². The van der Waals surface area contributed by atoms with Crippen LogP contribution in [0.3, 0.4) is 0 Å². The Bertz CT molecular complexity index is 260. The van der Waals surface area contributed by atoms with E-state index < -0.39 is 6.10 Å². The van der Waals surface area contributed by atoms with E-state index >= 15 is 0 Å². The van der Waals surface area contributed by atoms with Crippen molar-refractivity contribution in [1.82, 2.24) is 4.98 Å². The molecule has 0 radical (unpaired) electrons. The molecule has 0 fully saturated rings. The Morgan fingerprint density at radius 2 is 2.25 bits per heavy atom. The molecular formula is C9H14N2O. The van der Waals surface area contributed by atoms with Gasteiger partial charge in [-0.15, -0.1) is 0 Å². The molecule has 0 saturated carbocycles. The quantitative estimate of drug-likeness (QED) is 0.682. The normalized spacial score (nSPS) is 15.7. The van der Waals surface area contributed by atoms with Crippen molar-refractivity contribution in [2.45, 2.75) is 26.0 Å². The van der Waals surface area contributed by atoms with E-state index in [1.807, 2.05) is 19.1 Å². The lowest BCUT2D eigenvalue weighted by Crippen LogP contribution is -2.24. The maximum atomic E-state index is 9.23. The predicted molar refractivity (Wildman–Crippen MR) is 47.6 cm³/mol. The zero-order valence-corrected chi connectivity index (χ0v) is 7.36. The lowest BCUT2D eigenvalue weighted by Gasteiger charge is -2.15. The van der Waals surface area contributed by atoms with Gasteiger partial charge in [0.25, 0.3) is 0 Å². The van der Waals surface area contributed by atoms with Gasteiger partial charge in [0.15, 0.2) is 0 Å². The van der Waals surface area contributed by atoms with Gasteiger partial charge in [0.1, 0.15) is 0 Å². The van der Waals surface area contributed by atoms with Crippen LogP contribution in [0.2, 0.25) is 0 Å². The summed E-state index contributed by atoms with van der Waals surface area (Å²) < 4.78 is 0. The van der Waals surface area contributed by atoms with Crippen LogP contribution in [0.1, 0.15) is 24.2 Å². The van der Waals surface area contributed by atoms with E-state index in [1.54, 1.807) is 13.1 Å². The SMILES string of the molecule is Cc1cccnc1[C@H](N)[C@H](C)O. The van der Waals surface area contributed by atoms with Gasteiger partial charge in [-0.25, -0.2) is 0 Å². The molecule has 0 aliphatic heterocycles. The fourth-order valence-corrected chi connectivity index (χ4v) is 1.08. The summed E-state index contributed by atoms with van der Waals surface area (Å²) in [6.07, 6.45) is 1.13. The Kier molecular flexibility index (Phi) is 2.78. The monoisotopic (exact) mass is 166 g/mol. The molecule has 0 aliphatic rings. The highest BCUT2D eigenvalue weighted by Crippen LogP contribution is 2.14. The van der Waals surface area contributed by atoms with Crippen LogP contribution in [-0.2, 0) is 0 Å². The number of aryl methyl sites for hydroxylation is 1. The highest BCUT2D eigenvalue weighted by molar-refractivity contribution is 5.21. The van der Waals surface area contributed by atoms with Crippen LogP contribution in [0.15, 0.2) is 18.3 Å². The Balaban J connectivity index is 2.94. The highest BCUT2D eigenvalue weighted by atomic mass is 16.3. The summed E-state index contributed by atoms with van der Waals surface area (Å²) in [5.41, 5.74) is 7.52. The zero-order valence-electron chi connectivity index (χ0n) is 7.36. The second-order valence-electron chi connectivity index (χ2n) is 2.97. The second kappa shape index (κ2) is 3.65. The van der Waals surface area contributed by atoms with E-state index in [-0.39, 0.29) is 6.04 Å². The minimum Gasteiger partial charge on any atom is -0.391 e. The lowest BCUT2D eigenvalue weighted by atomic mass is 10.1. The maximum Gasteiger partial charge on any atom is 0.0733 e. The van der Waals surface area contributed by atoms with E-state index in [0.717, 1.165) is 11.3 Å². The van der Waals surface area contributed by atoms with Gasteiger partial charge in [-0.3, -0.25) is 4.98 Å². The van der Waals surface area contributed by atoms with E-state index in [0.29, 0.717) is 0 Å². The van der Waals surface area contributed by atoms with Gasteiger partial charge in [0, 0.05) is 6.20 Å². The van der Waals surface area contributed by atoms with Gasteiger partial charge in [-0.2, -0.15) is 0 Å². The molecule has 66 valence electrons. The Labute approximate surface area is 72.2 Å². The predicted octanol–water partition coefficient (Wildman–Crippen LogP) is 0.771. The number of rotatable bonds is 2. The van der Waals surface area contributed by atoms with Crippen molar-refractivity contribution >= 4 is 0 Å². The number of aliphatic hydroxyl groups excluding tert-OH is 1. The molecule has 0 bridgehead atoms. The number of hydrogen-bond acceptors (Lipinski definition) is 3. The van der Waals surface area contributed by atoms with Crippen LogP contribution in [0, 0.1) is 6.92 Å². The van der Waals surface area contributed by atoms with Crippen LogP contribution in [-0.4, -0.2) is 16.2 Å². The molecule has 0 saturated heterocycles. The van der Waals surface area contributed by atoms with Crippen molar-refractivity contribution in [3.05, 3.63) is 29.6 Å². The topological polar surface area (TPSA) is 59.1 Å². The van der Waals surface area contributed by atoms with Crippen molar-refractivity contribution in [3.8, 4) is 0 Å². The standard InChI is InChI=1S/C9H14N2O/c1-6-4-3-5-11-9(6)8(10)7(2)12/h3-5,7-8,12H,10H2,1-2H3/t7-,8+/m0/s1. The molecule has 0 aromatic carbocycles. The van der Waals surface area contributed by atoms with Gasteiger partial charge in [0.2, 0.25) is 0 Å². The summed E-state index contributed by atoms with van der Waals surface area (Å²) in [5, 5.41) is 9.23. The number of aromatic nitrogens is 1. The lowest BCUT2D eigenvalue weighted by molar-refractivity contribution is 0.162. The van der Waals surface area contributed by atoms with Crippen molar-refractivity contribution in [2.24, 2.45) is 5.73 Å². The van der Waals surface area contributed by atoms with Crippen LogP contribution in [0.25, 0.3) is 0 Å². The van der Waals surface area contributed by atoms with Gasteiger partial charge in [0.05, 0.1) is 17.8 Å². The molecule has 1 aromatic rings. The summed E-state index contributed by atoms with van der Waals surface area (Å²) >= 11 is 0. The number of pyridine rings is 1. The minimum atomic E-state index is -0.557. The van der Waals surface area contributed by atoms with Crippen LogP contribution < -0.4 is 5.73 Å². The minimum absolute atomic E-state index is 0.383. The average molecular weight is 166 g/mol. The first-order valence-electron chi connectivity index (χ1n) is 3.98. The fourth-order valence-electron chi connectivity index (χ4n) is 1.08. The molecule has 0 aliphatic carbocycles. The van der Waals surface area contributed by atoms with Crippen LogP contribution in [0.4, 0.5) is 0 Å². The third-order valence-electron chi connectivity index (χ3n) is 1.89. The summed E-state index contributed by atoms with van der Waals surface area (Å²) in [5.74, 6) is 0. The van der Waals surface area contributed by atoms with Crippen molar-refractivity contribution in [2.75, 3.05) is 0 Å². The number of nitrogens with zero attached hydrogens (tertiary/aromatic N) is 1. The first-order chi connectivity index (χ1) is 5.63. The Morgan fingerprint density at radius 3 is 2.75 bits per heavy atom. The fraction of sp³-hybridized carbons (Fsp3) is 0.444. The summed E-state index contributed by atoms with van der Waals surface area (Å²) in [6, 6.07) is 3.41. The smallest absolute Gasteiger partial charge is 0.0733 e. The van der Waals surface area contributed by atoms with Crippen molar-refractivity contribution in [1.29, 1.82) is 0 Å². The van der Waals surface area contributed by atoms with Gasteiger partial charge in [-0.1, -0.05) is 6.07 Å². The molecule has 1 aromatic heterocycles. The Morgan fingerprint density at radius 1 is 1.58 bits per heavy atom. The van der Waals surface area contributed by atoms with Gasteiger partial charge >= 0.3 is 0 Å². The molecule has 3 N–H and O–H groups in total. The largest absolute Gasteiger partial charge is 0.391 e. The number of hydrogen-bond donors (Lipinski definition) is 2. The third kappa shape index (κ3) is 1.81. The molecule has 12 heavy (non-hydrogen) atoms. The molecule has 3 heteroatoms. The molecule has 1 rings (SSSR count). The third-order valence-corrected chi connectivity index (χ3v) is 1.89. The van der Waals surface area contributed by atoms with Crippen LogP contribution in [0.5, 0.6) is 0 Å². The molecule has 2 atom stereocenters. The van der Waals surface area contributed by atoms with Gasteiger partial charge in [-0.05, 0) is 25.5 Å². The van der Waals surface area contributed by atoms with Crippen molar-refractivity contribution in [3.63, 3.8) is 0 Å². The summed E-state index contributed by atoms with van der Waals surface area (Å²) in [6.45, 7) is 3.60. The Hall–Kier alpha value is -0.930. The molecule has 0 amide bonds. The maximum absolute atomic E-state index is 9.23. The summed E-state index contributed by atoms with van der Waals surface area (Å²) in [4.78, 5) is 4.11. The van der Waals surface area contributed by atoms with Gasteiger partial charge < -0.3 is 10.8 Å². The van der Waals surface area contributed by atoms with E-state index in [4.69, 9.17) is 5.73 Å². The second-order valence-corrected chi connectivity index (χ2v) is 2.97. The van der Waals surface area contributed by atoms with Crippen LogP contribution >= 0.6 is 0 Å². The first-order valence-corrected chi connectivity index (χ1v) is 3.98.